The van der Waals surface area contributed by atoms with Crippen molar-refractivity contribution < 1.29 is 14.7 Å². The van der Waals surface area contributed by atoms with Crippen molar-refractivity contribution in [1.29, 1.82) is 0 Å². The maximum atomic E-state index is 11.0. The third-order valence-electron chi connectivity index (χ3n) is 1.43. The van der Waals surface area contributed by atoms with Crippen molar-refractivity contribution in [3.05, 3.63) is 0 Å². The first-order valence-electron chi connectivity index (χ1n) is 4.18. The standard InChI is InChI=1S/C8H16N2O3/c1-5(2)3-7(11)10-4-6(9)8(12)13/h5-6H,3-4,9H2,1-2H3,(H,10,11)(H,12,13)/t6-/m0/s1. The molecule has 13 heavy (non-hydrogen) atoms. The van der Waals surface area contributed by atoms with Crippen LogP contribution in [0.3, 0.4) is 0 Å². The Labute approximate surface area is 77.3 Å². The molecule has 5 nitrogen and oxygen atoms in total. The molecule has 0 fully saturated rings. The molecule has 0 aromatic rings. The lowest BCUT2D eigenvalue weighted by molar-refractivity contribution is -0.138. The second kappa shape index (κ2) is 5.53. The van der Waals surface area contributed by atoms with E-state index in [1.165, 1.54) is 0 Å². The predicted molar refractivity (Wildman–Crippen MR) is 48.1 cm³/mol. The average molecular weight is 188 g/mol. The fourth-order valence-electron chi connectivity index (χ4n) is 0.754. The summed E-state index contributed by atoms with van der Waals surface area (Å²) in [6.45, 7) is 3.81. The van der Waals surface area contributed by atoms with E-state index in [1.807, 2.05) is 13.8 Å². The second-order valence-electron chi connectivity index (χ2n) is 3.35. The molecular weight excluding hydrogens is 172 g/mol. The second-order valence-corrected chi connectivity index (χ2v) is 3.35. The summed E-state index contributed by atoms with van der Waals surface area (Å²) >= 11 is 0. The molecule has 1 atom stereocenters. The first-order valence-corrected chi connectivity index (χ1v) is 4.18. The first kappa shape index (κ1) is 11.9. The van der Waals surface area contributed by atoms with Gasteiger partial charge in [-0.2, -0.15) is 0 Å². The van der Waals surface area contributed by atoms with Crippen molar-refractivity contribution in [3.63, 3.8) is 0 Å². The minimum atomic E-state index is -1.11. The Kier molecular flexibility index (Phi) is 5.06. The van der Waals surface area contributed by atoms with Crippen LogP contribution in [0.5, 0.6) is 0 Å². The lowest BCUT2D eigenvalue weighted by Gasteiger charge is -2.09. The molecule has 0 aliphatic heterocycles. The molecule has 0 heterocycles. The maximum absolute atomic E-state index is 11.0. The molecule has 0 rings (SSSR count). The number of carboxylic acid groups (broad SMARTS) is 1. The molecule has 0 radical (unpaired) electrons. The van der Waals surface area contributed by atoms with Gasteiger partial charge in [-0.15, -0.1) is 0 Å². The van der Waals surface area contributed by atoms with Crippen LogP contribution in [0.25, 0.3) is 0 Å². The molecule has 0 bridgehead atoms. The van der Waals surface area contributed by atoms with Gasteiger partial charge in [-0.1, -0.05) is 13.8 Å². The molecule has 0 aromatic heterocycles. The number of hydrogen-bond acceptors (Lipinski definition) is 3. The first-order chi connectivity index (χ1) is 5.93. The minimum Gasteiger partial charge on any atom is -0.480 e. The van der Waals surface area contributed by atoms with Crippen LogP contribution in [-0.2, 0) is 9.59 Å². The van der Waals surface area contributed by atoms with Crippen molar-refractivity contribution >= 4 is 11.9 Å². The molecular formula is C8H16N2O3. The van der Waals surface area contributed by atoms with Crippen molar-refractivity contribution in [2.75, 3.05) is 6.54 Å². The maximum Gasteiger partial charge on any atom is 0.322 e. The van der Waals surface area contributed by atoms with Crippen molar-refractivity contribution in [3.8, 4) is 0 Å². The fourth-order valence-corrected chi connectivity index (χ4v) is 0.754. The Morgan fingerprint density at radius 1 is 1.46 bits per heavy atom. The fraction of sp³-hybridized carbons (Fsp3) is 0.750. The molecule has 1 amide bonds. The molecule has 0 aromatic carbocycles. The van der Waals surface area contributed by atoms with Gasteiger partial charge in [-0.25, -0.2) is 0 Å². The highest BCUT2D eigenvalue weighted by atomic mass is 16.4. The number of hydrogen-bond donors (Lipinski definition) is 3. The van der Waals surface area contributed by atoms with Crippen LogP contribution in [0, 0.1) is 5.92 Å². The summed E-state index contributed by atoms with van der Waals surface area (Å²) in [4.78, 5) is 21.3. The molecule has 0 aliphatic rings. The van der Waals surface area contributed by atoms with Gasteiger partial charge in [0.2, 0.25) is 5.91 Å². The smallest absolute Gasteiger partial charge is 0.322 e. The summed E-state index contributed by atoms with van der Waals surface area (Å²) in [7, 11) is 0. The van der Waals surface area contributed by atoms with E-state index in [2.05, 4.69) is 5.32 Å². The largest absolute Gasteiger partial charge is 0.480 e. The number of nitrogens with one attached hydrogen (secondary N) is 1. The highest BCUT2D eigenvalue weighted by Gasteiger charge is 2.12. The van der Waals surface area contributed by atoms with E-state index in [0.717, 1.165) is 0 Å². The van der Waals surface area contributed by atoms with Crippen molar-refractivity contribution in [2.45, 2.75) is 26.3 Å². The number of amides is 1. The van der Waals surface area contributed by atoms with E-state index in [9.17, 15) is 9.59 Å². The van der Waals surface area contributed by atoms with Gasteiger partial charge in [0, 0.05) is 13.0 Å². The highest BCUT2D eigenvalue weighted by molar-refractivity contribution is 5.78. The number of carboxylic acids is 1. The Balaban J connectivity index is 3.64. The van der Waals surface area contributed by atoms with Gasteiger partial charge < -0.3 is 16.2 Å². The number of rotatable bonds is 5. The molecule has 0 unspecified atom stereocenters. The Hall–Kier alpha value is -1.10. The van der Waals surface area contributed by atoms with Gasteiger partial charge in [0.25, 0.3) is 0 Å². The van der Waals surface area contributed by atoms with Crippen LogP contribution in [0.1, 0.15) is 20.3 Å². The Bertz CT molecular complexity index is 192. The molecule has 76 valence electrons. The van der Waals surface area contributed by atoms with E-state index in [0.29, 0.717) is 6.42 Å². The normalized spacial score (nSPS) is 12.6. The van der Waals surface area contributed by atoms with E-state index in [1.54, 1.807) is 0 Å². The third kappa shape index (κ3) is 6.10. The van der Waals surface area contributed by atoms with Crippen LogP contribution < -0.4 is 11.1 Å². The number of nitrogens with two attached hydrogens (primary N) is 1. The summed E-state index contributed by atoms with van der Waals surface area (Å²) in [6.07, 6.45) is 0.395. The monoisotopic (exact) mass is 188 g/mol. The third-order valence-corrected chi connectivity index (χ3v) is 1.43. The van der Waals surface area contributed by atoms with Crippen LogP contribution in [0.2, 0.25) is 0 Å². The molecule has 0 saturated heterocycles. The Morgan fingerprint density at radius 3 is 2.38 bits per heavy atom. The molecule has 0 saturated carbocycles. The van der Waals surface area contributed by atoms with Gasteiger partial charge >= 0.3 is 5.97 Å². The van der Waals surface area contributed by atoms with Crippen molar-refractivity contribution in [2.24, 2.45) is 11.7 Å². The molecule has 0 spiro atoms. The van der Waals surface area contributed by atoms with Crippen LogP contribution >= 0.6 is 0 Å². The van der Waals surface area contributed by atoms with Gasteiger partial charge in [0.05, 0.1) is 0 Å². The van der Waals surface area contributed by atoms with Crippen LogP contribution in [-0.4, -0.2) is 29.6 Å². The number of aliphatic carboxylic acids is 1. The van der Waals surface area contributed by atoms with Gasteiger partial charge in [0.15, 0.2) is 0 Å². The lowest BCUT2D eigenvalue weighted by atomic mass is 10.1. The topological polar surface area (TPSA) is 92.4 Å². The van der Waals surface area contributed by atoms with Gasteiger partial charge in [0.1, 0.15) is 6.04 Å². The average Bonchev–Trinajstić information content (AvgIpc) is 1.98. The number of carbonyl (C=O) groups is 2. The highest BCUT2D eigenvalue weighted by Crippen LogP contribution is 1.97. The van der Waals surface area contributed by atoms with E-state index in [-0.39, 0.29) is 18.4 Å². The summed E-state index contributed by atoms with van der Waals surface area (Å²) in [5, 5.41) is 10.9. The SMILES string of the molecule is CC(C)CC(=O)NC[C@H](N)C(=O)O. The van der Waals surface area contributed by atoms with Crippen molar-refractivity contribution in [1.82, 2.24) is 5.32 Å². The Morgan fingerprint density at radius 2 is 2.00 bits per heavy atom. The summed E-state index contributed by atoms with van der Waals surface area (Å²) in [5.41, 5.74) is 5.18. The van der Waals surface area contributed by atoms with E-state index >= 15 is 0 Å². The van der Waals surface area contributed by atoms with Crippen LogP contribution in [0.15, 0.2) is 0 Å². The lowest BCUT2D eigenvalue weighted by Crippen LogP contribution is -2.42. The predicted octanol–water partition coefficient (Wildman–Crippen LogP) is -0.439. The molecule has 5 heteroatoms. The van der Waals surface area contributed by atoms with Gasteiger partial charge in [-0.3, -0.25) is 9.59 Å². The molecule has 4 N–H and O–H groups in total. The quantitative estimate of drug-likeness (QED) is 0.545. The summed E-state index contributed by atoms with van der Waals surface area (Å²) in [6, 6.07) is -1.02. The summed E-state index contributed by atoms with van der Waals surface area (Å²) < 4.78 is 0. The summed E-state index contributed by atoms with van der Waals surface area (Å²) in [5.74, 6) is -1.00. The van der Waals surface area contributed by atoms with E-state index in [4.69, 9.17) is 10.8 Å². The zero-order valence-electron chi connectivity index (χ0n) is 7.91. The number of carbonyl (C=O) groups excluding carboxylic acids is 1. The zero-order chi connectivity index (χ0) is 10.4. The van der Waals surface area contributed by atoms with Gasteiger partial charge in [-0.05, 0) is 5.92 Å². The van der Waals surface area contributed by atoms with Crippen LogP contribution in [0.4, 0.5) is 0 Å². The molecule has 0 aliphatic carbocycles. The minimum absolute atomic E-state index is 0.0130. The van der Waals surface area contributed by atoms with E-state index < -0.39 is 12.0 Å². The zero-order valence-corrected chi connectivity index (χ0v) is 7.91.